The molecule has 0 heterocycles. The summed E-state index contributed by atoms with van der Waals surface area (Å²) in [6, 6.07) is 0. The van der Waals surface area contributed by atoms with E-state index in [-0.39, 0.29) is 11.8 Å². The number of esters is 4. The molecule has 6 atom stereocenters. The van der Waals surface area contributed by atoms with E-state index < -0.39 is 48.3 Å². The third kappa shape index (κ3) is 4.91. The molecular weight excluding hydrogens is 368 g/mol. The van der Waals surface area contributed by atoms with Crippen LogP contribution in [-0.2, 0) is 38.1 Å². The summed E-state index contributed by atoms with van der Waals surface area (Å²) in [5.74, 6) is -2.77. The van der Waals surface area contributed by atoms with Crippen molar-refractivity contribution < 1.29 is 38.1 Å². The highest BCUT2D eigenvalue weighted by atomic mass is 16.6. The predicted octanol–water partition coefficient (Wildman–Crippen LogP) is 2.09. The second-order valence-corrected chi connectivity index (χ2v) is 7.59. The van der Waals surface area contributed by atoms with Crippen molar-refractivity contribution >= 4 is 23.9 Å². The Morgan fingerprint density at radius 2 is 0.821 bits per heavy atom. The van der Waals surface area contributed by atoms with Gasteiger partial charge in [-0.05, 0) is 26.7 Å². The molecule has 0 bridgehead atoms. The van der Waals surface area contributed by atoms with Crippen LogP contribution in [0.1, 0.15) is 54.4 Å². The molecule has 0 aromatic heterocycles. The topological polar surface area (TPSA) is 105 Å². The fourth-order valence-corrected chi connectivity index (χ4v) is 4.28. The maximum atomic E-state index is 11.8. The Hall–Kier alpha value is -2.38. The highest BCUT2D eigenvalue weighted by Gasteiger charge is 2.57. The molecular formula is C20H28O8. The van der Waals surface area contributed by atoms with Crippen LogP contribution in [0.4, 0.5) is 0 Å². The Morgan fingerprint density at radius 1 is 0.571 bits per heavy atom. The summed E-state index contributed by atoms with van der Waals surface area (Å²) < 4.78 is 22.0. The van der Waals surface area contributed by atoms with Crippen LogP contribution in [0.2, 0.25) is 0 Å². The lowest BCUT2D eigenvalue weighted by atomic mass is 9.64. The van der Waals surface area contributed by atoms with Gasteiger partial charge in [-0.3, -0.25) is 19.2 Å². The van der Waals surface area contributed by atoms with Crippen LogP contribution in [-0.4, -0.2) is 48.3 Å². The van der Waals surface area contributed by atoms with Crippen LogP contribution < -0.4 is 0 Å². The van der Waals surface area contributed by atoms with Crippen molar-refractivity contribution in [1.82, 2.24) is 0 Å². The zero-order valence-electron chi connectivity index (χ0n) is 17.1. The fourth-order valence-electron chi connectivity index (χ4n) is 4.28. The third-order valence-electron chi connectivity index (χ3n) is 5.39. The highest BCUT2D eigenvalue weighted by molar-refractivity contribution is 5.69. The minimum atomic E-state index is -1.07. The Labute approximate surface area is 164 Å². The lowest BCUT2D eigenvalue weighted by Crippen LogP contribution is -2.63. The standard InChI is InChI=1S/C20H28O8/c1-9-7-15-16(8-10(9)2)18(26-12(4)22)20(28-14(6)24)19(27-13(5)23)17(15)25-11(3)21/h15-20H,7-8H2,1-6H3. The van der Waals surface area contributed by atoms with E-state index in [2.05, 4.69) is 0 Å². The molecule has 0 aliphatic heterocycles. The highest BCUT2D eigenvalue weighted by Crippen LogP contribution is 2.47. The summed E-state index contributed by atoms with van der Waals surface area (Å²) in [5.41, 5.74) is 2.29. The van der Waals surface area contributed by atoms with E-state index in [1.807, 2.05) is 13.8 Å². The Bertz CT molecular complexity index is 636. The summed E-state index contributed by atoms with van der Waals surface area (Å²) in [6.07, 6.45) is -2.58. The predicted molar refractivity (Wildman–Crippen MR) is 96.8 cm³/mol. The number of fused-ring (bicyclic) bond motifs is 1. The first kappa shape index (κ1) is 21.9. The Kier molecular flexibility index (Phi) is 6.85. The van der Waals surface area contributed by atoms with Crippen molar-refractivity contribution in [1.29, 1.82) is 0 Å². The molecule has 0 saturated heterocycles. The number of rotatable bonds is 4. The molecule has 156 valence electrons. The molecule has 0 spiro atoms. The molecule has 0 radical (unpaired) electrons. The second-order valence-electron chi connectivity index (χ2n) is 7.59. The normalized spacial score (nSPS) is 32.1. The van der Waals surface area contributed by atoms with Crippen LogP contribution in [0.3, 0.4) is 0 Å². The van der Waals surface area contributed by atoms with Gasteiger partial charge in [0.05, 0.1) is 0 Å². The number of hydrogen-bond acceptors (Lipinski definition) is 8. The van der Waals surface area contributed by atoms with Gasteiger partial charge < -0.3 is 18.9 Å². The van der Waals surface area contributed by atoms with Gasteiger partial charge in [0.15, 0.2) is 12.2 Å². The van der Waals surface area contributed by atoms with Crippen molar-refractivity contribution in [2.75, 3.05) is 0 Å². The van der Waals surface area contributed by atoms with Crippen LogP contribution in [0, 0.1) is 11.8 Å². The van der Waals surface area contributed by atoms with Gasteiger partial charge >= 0.3 is 23.9 Å². The number of allylic oxidation sites excluding steroid dienone is 2. The molecule has 0 N–H and O–H groups in total. The average molecular weight is 396 g/mol. The van der Waals surface area contributed by atoms with Crippen LogP contribution in [0.15, 0.2) is 11.1 Å². The number of carbonyl (C=O) groups is 4. The van der Waals surface area contributed by atoms with E-state index >= 15 is 0 Å². The van der Waals surface area contributed by atoms with E-state index in [4.69, 9.17) is 18.9 Å². The molecule has 28 heavy (non-hydrogen) atoms. The van der Waals surface area contributed by atoms with Crippen molar-refractivity contribution in [3.63, 3.8) is 0 Å². The van der Waals surface area contributed by atoms with E-state index in [1.54, 1.807) is 0 Å². The van der Waals surface area contributed by atoms with Crippen molar-refractivity contribution in [3.05, 3.63) is 11.1 Å². The van der Waals surface area contributed by atoms with Gasteiger partial charge in [0.1, 0.15) is 12.2 Å². The molecule has 8 nitrogen and oxygen atoms in total. The lowest BCUT2D eigenvalue weighted by molar-refractivity contribution is -0.231. The zero-order valence-corrected chi connectivity index (χ0v) is 17.1. The molecule has 2 aliphatic rings. The summed E-state index contributed by atoms with van der Waals surface area (Å²) in [5, 5.41) is 0. The number of hydrogen-bond donors (Lipinski definition) is 0. The molecule has 1 saturated carbocycles. The van der Waals surface area contributed by atoms with E-state index in [1.165, 1.54) is 27.7 Å². The molecule has 1 fully saturated rings. The fraction of sp³-hybridized carbons (Fsp3) is 0.700. The summed E-state index contributed by atoms with van der Waals surface area (Å²) in [7, 11) is 0. The number of carbonyl (C=O) groups excluding carboxylic acids is 4. The molecule has 8 heteroatoms. The average Bonchev–Trinajstić information content (AvgIpc) is 2.54. The summed E-state index contributed by atoms with van der Waals surface area (Å²) in [6.45, 7) is 8.98. The largest absolute Gasteiger partial charge is 0.458 e. The first-order valence-corrected chi connectivity index (χ1v) is 9.35. The molecule has 2 rings (SSSR count). The van der Waals surface area contributed by atoms with Gasteiger partial charge in [0.25, 0.3) is 0 Å². The van der Waals surface area contributed by atoms with Crippen molar-refractivity contribution in [2.24, 2.45) is 11.8 Å². The molecule has 0 aromatic rings. The minimum Gasteiger partial charge on any atom is -0.458 e. The van der Waals surface area contributed by atoms with Gasteiger partial charge in [-0.1, -0.05) is 11.1 Å². The lowest BCUT2D eigenvalue weighted by Gasteiger charge is -2.50. The first-order chi connectivity index (χ1) is 13.0. The summed E-state index contributed by atoms with van der Waals surface area (Å²) >= 11 is 0. The monoisotopic (exact) mass is 396 g/mol. The Morgan fingerprint density at radius 3 is 1.07 bits per heavy atom. The molecule has 0 amide bonds. The van der Waals surface area contributed by atoms with Crippen molar-refractivity contribution in [3.8, 4) is 0 Å². The maximum Gasteiger partial charge on any atom is 0.303 e. The van der Waals surface area contributed by atoms with Gasteiger partial charge in [-0.15, -0.1) is 0 Å². The maximum absolute atomic E-state index is 11.8. The van der Waals surface area contributed by atoms with E-state index in [0.717, 1.165) is 11.1 Å². The second kappa shape index (κ2) is 8.75. The smallest absolute Gasteiger partial charge is 0.303 e. The van der Waals surface area contributed by atoms with Crippen LogP contribution in [0.25, 0.3) is 0 Å². The van der Waals surface area contributed by atoms with Crippen LogP contribution >= 0.6 is 0 Å². The molecule has 6 unspecified atom stereocenters. The Balaban J connectivity index is 2.57. The van der Waals surface area contributed by atoms with Crippen LogP contribution in [0.5, 0.6) is 0 Å². The quantitative estimate of drug-likeness (QED) is 0.404. The van der Waals surface area contributed by atoms with Gasteiger partial charge in [-0.2, -0.15) is 0 Å². The minimum absolute atomic E-state index is 0.242. The molecule has 0 aromatic carbocycles. The third-order valence-corrected chi connectivity index (χ3v) is 5.39. The SMILES string of the molecule is CC(=O)OC1C2CC(C)=C(C)CC2C(OC(C)=O)C(OC(C)=O)C1OC(C)=O. The van der Waals surface area contributed by atoms with Gasteiger partial charge in [0, 0.05) is 39.5 Å². The zero-order chi connectivity index (χ0) is 21.2. The molecule has 2 aliphatic carbocycles. The van der Waals surface area contributed by atoms with Gasteiger partial charge in [0.2, 0.25) is 0 Å². The first-order valence-electron chi connectivity index (χ1n) is 9.35. The number of ether oxygens (including phenoxy) is 4. The van der Waals surface area contributed by atoms with Gasteiger partial charge in [-0.25, -0.2) is 0 Å². The van der Waals surface area contributed by atoms with E-state index in [9.17, 15) is 19.2 Å². The van der Waals surface area contributed by atoms with E-state index in [0.29, 0.717) is 12.8 Å². The summed E-state index contributed by atoms with van der Waals surface area (Å²) in [4.78, 5) is 47.1. The van der Waals surface area contributed by atoms with Crippen molar-refractivity contribution in [2.45, 2.75) is 78.8 Å².